The number of benzene rings is 1. The van der Waals surface area contributed by atoms with E-state index in [2.05, 4.69) is 4.98 Å². The van der Waals surface area contributed by atoms with Gasteiger partial charge in [-0.3, -0.25) is 14.6 Å². The number of esters is 1. The summed E-state index contributed by atoms with van der Waals surface area (Å²) in [7, 11) is 1.19. The molecule has 2 heterocycles. The van der Waals surface area contributed by atoms with E-state index in [1.807, 2.05) is 36.4 Å². The first kappa shape index (κ1) is 17.4. The number of carbonyl (C=O) groups excluding carboxylic acids is 2. The Kier molecular flexibility index (Phi) is 4.81. The molecular weight excluding hydrogens is 332 g/mol. The van der Waals surface area contributed by atoms with E-state index in [0.29, 0.717) is 5.69 Å². The van der Waals surface area contributed by atoms with Gasteiger partial charge in [-0.1, -0.05) is 24.3 Å². The summed E-state index contributed by atoms with van der Waals surface area (Å²) >= 11 is 0. The second-order valence-electron chi connectivity index (χ2n) is 5.89. The smallest absolute Gasteiger partial charge is 0.321 e. The summed E-state index contributed by atoms with van der Waals surface area (Å²) in [5.74, 6) is -1.37. The standard InChI is InChI=1S/C20H16N2O4/c1-25-19(24)20(10-11-21,18(23)17-7-4-12-26-17)13-15-9-8-14-5-2-3-6-16(14)22-15/h2-9,12H,10,13H2,1H3. The van der Waals surface area contributed by atoms with Crippen molar-refractivity contribution in [3.8, 4) is 6.07 Å². The Labute approximate surface area is 150 Å². The molecule has 3 rings (SSSR count). The van der Waals surface area contributed by atoms with Crippen molar-refractivity contribution < 1.29 is 18.7 Å². The Morgan fingerprint density at radius 1 is 1.19 bits per heavy atom. The molecule has 1 unspecified atom stereocenters. The first-order valence-corrected chi connectivity index (χ1v) is 7.99. The summed E-state index contributed by atoms with van der Waals surface area (Å²) in [6.07, 6.45) is 0.946. The summed E-state index contributed by atoms with van der Waals surface area (Å²) < 4.78 is 10.0. The van der Waals surface area contributed by atoms with Crippen molar-refractivity contribution in [2.45, 2.75) is 12.8 Å². The molecule has 130 valence electrons. The molecule has 0 fully saturated rings. The molecule has 0 radical (unpaired) electrons. The number of hydrogen-bond acceptors (Lipinski definition) is 6. The van der Waals surface area contributed by atoms with Crippen LogP contribution in [0.3, 0.4) is 0 Å². The average molecular weight is 348 g/mol. The van der Waals surface area contributed by atoms with Crippen LogP contribution in [0, 0.1) is 16.7 Å². The quantitative estimate of drug-likeness (QED) is 0.385. The third kappa shape index (κ3) is 3.07. The van der Waals surface area contributed by atoms with E-state index in [4.69, 9.17) is 9.15 Å². The van der Waals surface area contributed by atoms with Crippen LogP contribution in [-0.2, 0) is 16.0 Å². The summed E-state index contributed by atoms with van der Waals surface area (Å²) in [4.78, 5) is 30.1. The second-order valence-corrected chi connectivity index (χ2v) is 5.89. The minimum Gasteiger partial charge on any atom is -0.468 e. The van der Waals surface area contributed by atoms with Crippen LogP contribution in [0.1, 0.15) is 22.7 Å². The first-order valence-electron chi connectivity index (χ1n) is 7.99. The third-order valence-corrected chi connectivity index (χ3v) is 4.28. The van der Waals surface area contributed by atoms with Crippen molar-refractivity contribution in [1.29, 1.82) is 5.26 Å². The number of hydrogen-bond donors (Lipinski definition) is 0. The van der Waals surface area contributed by atoms with Crippen LogP contribution in [-0.4, -0.2) is 23.8 Å². The molecule has 6 heteroatoms. The summed E-state index contributed by atoms with van der Waals surface area (Å²) in [5, 5.41) is 10.2. The minimum atomic E-state index is -1.71. The number of methoxy groups -OCH3 is 1. The highest BCUT2D eigenvalue weighted by molar-refractivity contribution is 6.11. The van der Waals surface area contributed by atoms with Gasteiger partial charge in [0.05, 0.1) is 31.4 Å². The molecule has 0 saturated heterocycles. The van der Waals surface area contributed by atoms with Gasteiger partial charge in [0.15, 0.2) is 11.2 Å². The molecular formula is C20H16N2O4. The molecule has 1 aromatic carbocycles. The predicted octanol–water partition coefficient (Wildman–Crippen LogP) is 3.33. The predicted molar refractivity (Wildman–Crippen MR) is 93.2 cm³/mol. The van der Waals surface area contributed by atoms with Gasteiger partial charge in [-0.25, -0.2) is 0 Å². The molecule has 0 aliphatic heterocycles. The van der Waals surface area contributed by atoms with Crippen molar-refractivity contribution in [2.24, 2.45) is 5.41 Å². The van der Waals surface area contributed by atoms with Gasteiger partial charge in [-0.15, -0.1) is 0 Å². The highest BCUT2D eigenvalue weighted by Gasteiger charge is 2.49. The highest BCUT2D eigenvalue weighted by Crippen LogP contribution is 2.33. The van der Waals surface area contributed by atoms with Gasteiger partial charge in [0.2, 0.25) is 5.78 Å². The maximum atomic E-state index is 13.0. The van der Waals surface area contributed by atoms with E-state index < -0.39 is 17.2 Å². The van der Waals surface area contributed by atoms with E-state index in [-0.39, 0.29) is 18.6 Å². The topological polar surface area (TPSA) is 93.2 Å². The van der Waals surface area contributed by atoms with Gasteiger partial charge in [-0.05, 0) is 24.3 Å². The Morgan fingerprint density at radius 3 is 2.69 bits per heavy atom. The molecule has 0 amide bonds. The number of carbonyl (C=O) groups is 2. The zero-order chi connectivity index (χ0) is 18.6. The Hall–Kier alpha value is -3.46. The lowest BCUT2D eigenvalue weighted by Gasteiger charge is -2.26. The monoisotopic (exact) mass is 348 g/mol. The molecule has 0 saturated carbocycles. The average Bonchev–Trinajstić information content (AvgIpc) is 3.21. The van der Waals surface area contributed by atoms with E-state index >= 15 is 0 Å². The van der Waals surface area contributed by atoms with Crippen molar-refractivity contribution in [2.75, 3.05) is 7.11 Å². The van der Waals surface area contributed by atoms with Crippen LogP contribution in [0.25, 0.3) is 10.9 Å². The molecule has 0 aliphatic rings. The Bertz CT molecular complexity index is 988. The SMILES string of the molecule is COC(=O)C(CC#N)(Cc1ccc2ccccc2n1)C(=O)c1ccco1. The number of furan rings is 1. The number of nitrogens with zero attached hydrogens (tertiary/aromatic N) is 2. The number of para-hydroxylation sites is 1. The zero-order valence-electron chi connectivity index (χ0n) is 14.1. The molecule has 1 atom stereocenters. The summed E-state index contributed by atoms with van der Waals surface area (Å²) in [6.45, 7) is 0. The number of Topliss-reactive ketones (excluding diaryl/α,β-unsaturated/α-hetero) is 1. The summed E-state index contributed by atoms with van der Waals surface area (Å²) in [5.41, 5.74) is -0.452. The zero-order valence-corrected chi connectivity index (χ0v) is 14.1. The summed E-state index contributed by atoms with van der Waals surface area (Å²) in [6, 6.07) is 16.1. The van der Waals surface area contributed by atoms with Crippen LogP contribution in [0.4, 0.5) is 0 Å². The Balaban J connectivity index is 2.08. The number of nitriles is 1. The first-order chi connectivity index (χ1) is 12.6. The number of ether oxygens (including phenoxy) is 1. The van der Waals surface area contributed by atoms with Crippen LogP contribution >= 0.6 is 0 Å². The van der Waals surface area contributed by atoms with Gasteiger partial charge in [-0.2, -0.15) is 5.26 Å². The molecule has 0 N–H and O–H groups in total. The van der Waals surface area contributed by atoms with E-state index in [1.165, 1.54) is 19.4 Å². The van der Waals surface area contributed by atoms with Crippen LogP contribution < -0.4 is 0 Å². The van der Waals surface area contributed by atoms with Crippen LogP contribution in [0.5, 0.6) is 0 Å². The largest absolute Gasteiger partial charge is 0.468 e. The second kappa shape index (κ2) is 7.19. The van der Waals surface area contributed by atoms with Crippen molar-refractivity contribution >= 4 is 22.7 Å². The fraction of sp³-hybridized carbons (Fsp3) is 0.200. The highest BCUT2D eigenvalue weighted by atomic mass is 16.5. The fourth-order valence-electron chi connectivity index (χ4n) is 2.95. The van der Waals surface area contributed by atoms with Gasteiger partial charge in [0, 0.05) is 17.5 Å². The molecule has 2 aromatic heterocycles. The normalized spacial score (nSPS) is 12.9. The van der Waals surface area contributed by atoms with Gasteiger partial charge in [0.25, 0.3) is 0 Å². The number of aromatic nitrogens is 1. The maximum Gasteiger partial charge on any atom is 0.321 e. The van der Waals surface area contributed by atoms with Crippen LogP contribution in [0.2, 0.25) is 0 Å². The maximum absolute atomic E-state index is 13.0. The lowest BCUT2D eigenvalue weighted by atomic mass is 9.75. The molecule has 0 aliphatic carbocycles. The van der Waals surface area contributed by atoms with Crippen molar-refractivity contribution in [1.82, 2.24) is 4.98 Å². The number of pyridine rings is 1. The van der Waals surface area contributed by atoms with E-state index in [9.17, 15) is 14.9 Å². The lowest BCUT2D eigenvalue weighted by Crippen LogP contribution is -2.42. The minimum absolute atomic E-state index is 0.00596. The molecule has 0 bridgehead atoms. The molecule has 3 aromatic rings. The van der Waals surface area contributed by atoms with Gasteiger partial charge < -0.3 is 9.15 Å². The van der Waals surface area contributed by atoms with Crippen molar-refractivity contribution in [3.63, 3.8) is 0 Å². The molecule has 26 heavy (non-hydrogen) atoms. The third-order valence-electron chi connectivity index (χ3n) is 4.28. The van der Waals surface area contributed by atoms with Crippen molar-refractivity contribution in [3.05, 3.63) is 66.2 Å². The van der Waals surface area contributed by atoms with E-state index in [1.54, 1.807) is 12.1 Å². The molecule has 0 spiro atoms. The number of ketones is 1. The molecule has 6 nitrogen and oxygen atoms in total. The Morgan fingerprint density at radius 2 is 2.00 bits per heavy atom. The number of fused-ring (bicyclic) bond motifs is 1. The number of rotatable bonds is 6. The fourth-order valence-corrected chi connectivity index (χ4v) is 2.95. The van der Waals surface area contributed by atoms with E-state index in [0.717, 1.165) is 10.9 Å². The van der Waals surface area contributed by atoms with Gasteiger partial charge in [0.1, 0.15) is 0 Å². The van der Waals surface area contributed by atoms with Gasteiger partial charge >= 0.3 is 5.97 Å². The lowest BCUT2D eigenvalue weighted by molar-refractivity contribution is -0.149. The van der Waals surface area contributed by atoms with Crippen LogP contribution in [0.15, 0.2) is 59.2 Å².